The first-order chi connectivity index (χ1) is 11.6. The molecule has 1 N–H and O–H groups in total. The fourth-order valence-electron chi connectivity index (χ4n) is 2.90. The zero-order valence-corrected chi connectivity index (χ0v) is 14.1. The molecule has 128 valence electrons. The van der Waals surface area contributed by atoms with Crippen molar-refractivity contribution in [1.82, 2.24) is 19.7 Å². The Balaban J connectivity index is 1.71. The van der Waals surface area contributed by atoms with E-state index in [9.17, 15) is 9.59 Å². The molecule has 0 bridgehead atoms. The number of ether oxygens (including phenoxy) is 1. The van der Waals surface area contributed by atoms with Crippen molar-refractivity contribution in [2.75, 3.05) is 26.8 Å². The van der Waals surface area contributed by atoms with Gasteiger partial charge in [-0.05, 0) is 37.1 Å². The Labute approximate surface area is 144 Å². The molecule has 1 fully saturated rings. The summed E-state index contributed by atoms with van der Waals surface area (Å²) in [5.74, 6) is 0.794. The summed E-state index contributed by atoms with van der Waals surface area (Å²) in [4.78, 5) is 28.6. The van der Waals surface area contributed by atoms with Crippen LogP contribution in [0.3, 0.4) is 0 Å². The molecule has 1 aliphatic heterocycles. The molecule has 1 aromatic heterocycles. The number of benzene rings is 1. The lowest BCUT2D eigenvalue weighted by molar-refractivity contribution is -0.136. The minimum absolute atomic E-state index is 0.00358. The van der Waals surface area contributed by atoms with Crippen molar-refractivity contribution in [2.24, 2.45) is 0 Å². The molecule has 7 nitrogen and oxygen atoms in total. The summed E-state index contributed by atoms with van der Waals surface area (Å²) >= 11 is 5.87. The molecule has 1 amide bonds. The summed E-state index contributed by atoms with van der Waals surface area (Å²) in [7, 11) is 1.51. The van der Waals surface area contributed by atoms with Crippen LogP contribution in [0.1, 0.15) is 24.6 Å². The van der Waals surface area contributed by atoms with Gasteiger partial charge in [-0.15, -0.1) is 5.10 Å². The van der Waals surface area contributed by atoms with Crippen LogP contribution >= 0.6 is 11.6 Å². The van der Waals surface area contributed by atoms with Crippen LogP contribution in [0, 0.1) is 0 Å². The van der Waals surface area contributed by atoms with E-state index < -0.39 is 0 Å². The fraction of sp³-hybridized carbons (Fsp3) is 0.438. The summed E-state index contributed by atoms with van der Waals surface area (Å²) in [5, 5.41) is 5.02. The second-order valence-electron chi connectivity index (χ2n) is 5.79. The molecule has 0 atom stereocenters. The normalized spacial score (nSPS) is 15.7. The molecule has 1 aromatic carbocycles. The Hall–Kier alpha value is -2.12. The number of hydrogen-bond acceptors (Lipinski definition) is 4. The zero-order valence-electron chi connectivity index (χ0n) is 13.4. The van der Waals surface area contributed by atoms with Crippen molar-refractivity contribution >= 4 is 17.5 Å². The number of nitrogens with zero attached hydrogens (tertiary/aromatic N) is 3. The minimum atomic E-state index is -0.273. The van der Waals surface area contributed by atoms with Gasteiger partial charge in [-0.1, -0.05) is 11.6 Å². The molecular formula is C16H19ClN4O3. The monoisotopic (exact) mass is 350 g/mol. The first kappa shape index (κ1) is 16.7. The first-order valence-electron chi connectivity index (χ1n) is 7.80. The van der Waals surface area contributed by atoms with E-state index in [1.54, 1.807) is 29.2 Å². The maximum Gasteiger partial charge on any atom is 0.348 e. The van der Waals surface area contributed by atoms with E-state index >= 15 is 0 Å². The Morgan fingerprint density at radius 2 is 2.00 bits per heavy atom. The van der Waals surface area contributed by atoms with Crippen molar-refractivity contribution in [3.05, 3.63) is 45.6 Å². The van der Waals surface area contributed by atoms with E-state index in [0.29, 0.717) is 29.6 Å². The summed E-state index contributed by atoms with van der Waals surface area (Å²) in [6.45, 7) is 1.39. The number of methoxy groups -OCH3 is 1. The molecule has 1 saturated heterocycles. The van der Waals surface area contributed by atoms with Crippen molar-refractivity contribution in [1.29, 1.82) is 0 Å². The van der Waals surface area contributed by atoms with Gasteiger partial charge in [-0.3, -0.25) is 9.78 Å². The van der Waals surface area contributed by atoms with Gasteiger partial charge in [0.2, 0.25) is 5.91 Å². The SMILES string of the molecule is COCC(=O)N1CCC(c2nn(-c3ccc(Cl)cc3)c(=O)[nH]2)CC1. The van der Waals surface area contributed by atoms with E-state index in [1.165, 1.54) is 11.8 Å². The molecule has 1 aliphatic rings. The Kier molecular flexibility index (Phi) is 5.01. The number of hydrogen-bond donors (Lipinski definition) is 1. The predicted molar refractivity (Wildman–Crippen MR) is 89.6 cm³/mol. The van der Waals surface area contributed by atoms with Crippen LogP contribution in [0.15, 0.2) is 29.1 Å². The molecule has 0 radical (unpaired) electrons. The number of nitrogens with one attached hydrogen (secondary N) is 1. The van der Waals surface area contributed by atoms with Gasteiger partial charge in [0.15, 0.2) is 0 Å². The highest BCUT2D eigenvalue weighted by Gasteiger charge is 2.26. The third-order valence-corrected chi connectivity index (χ3v) is 4.46. The number of H-pyrrole nitrogens is 1. The van der Waals surface area contributed by atoms with Gasteiger partial charge in [0.1, 0.15) is 12.4 Å². The topological polar surface area (TPSA) is 80.2 Å². The Morgan fingerprint density at radius 1 is 1.33 bits per heavy atom. The summed E-state index contributed by atoms with van der Waals surface area (Å²) in [6, 6.07) is 6.94. The number of aromatic nitrogens is 3. The van der Waals surface area contributed by atoms with Crippen molar-refractivity contribution < 1.29 is 9.53 Å². The minimum Gasteiger partial charge on any atom is -0.375 e. The van der Waals surface area contributed by atoms with Crippen molar-refractivity contribution in [2.45, 2.75) is 18.8 Å². The highest BCUT2D eigenvalue weighted by Crippen LogP contribution is 2.25. The molecule has 2 aromatic rings. The van der Waals surface area contributed by atoms with Crippen LogP contribution in [0.2, 0.25) is 5.02 Å². The average molecular weight is 351 g/mol. The third-order valence-electron chi connectivity index (χ3n) is 4.21. The lowest BCUT2D eigenvalue weighted by Gasteiger charge is -2.30. The summed E-state index contributed by atoms with van der Waals surface area (Å²) in [6.07, 6.45) is 1.53. The molecule has 2 heterocycles. The van der Waals surface area contributed by atoms with Gasteiger partial charge in [0.25, 0.3) is 0 Å². The summed E-state index contributed by atoms with van der Waals surface area (Å²) < 4.78 is 6.22. The summed E-state index contributed by atoms with van der Waals surface area (Å²) in [5.41, 5.74) is 0.393. The van der Waals surface area contributed by atoms with E-state index in [0.717, 1.165) is 12.8 Å². The number of aromatic amines is 1. The van der Waals surface area contributed by atoms with Crippen molar-refractivity contribution in [3.63, 3.8) is 0 Å². The van der Waals surface area contributed by atoms with Gasteiger partial charge < -0.3 is 9.64 Å². The number of amides is 1. The standard InChI is InChI=1S/C16H19ClN4O3/c1-24-10-14(22)20-8-6-11(7-9-20)15-18-16(23)21(19-15)13-4-2-12(17)3-5-13/h2-5,11H,6-10H2,1H3,(H,18,19,23). The van der Waals surface area contributed by atoms with E-state index in [1.807, 2.05) is 0 Å². The second kappa shape index (κ2) is 7.19. The highest BCUT2D eigenvalue weighted by atomic mass is 35.5. The van der Waals surface area contributed by atoms with Gasteiger partial charge in [-0.2, -0.15) is 4.68 Å². The smallest absolute Gasteiger partial charge is 0.348 e. The van der Waals surface area contributed by atoms with Crippen LogP contribution < -0.4 is 5.69 Å². The molecule has 0 spiro atoms. The molecular weight excluding hydrogens is 332 g/mol. The van der Waals surface area contributed by atoms with E-state index in [4.69, 9.17) is 16.3 Å². The lowest BCUT2D eigenvalue weighted by Crippen LogP contribution is -2.40. The van der Waals surface area contributed by atoms with Gasteiger partial charge >= 0.3 is 5.69 Å². The lowest BCUT2D eigenvalue weighted by atomic mass is 9.96. The van der Waals surface area contributed by atoms with Crippen LogP contribution in [0.5, 0.6) is 0 Å². The predicted octanol–water partition coefficient (Wildman–Crippen LogP) is 1.57. The second-order valence-corrected chi connectivity index (χ2v) is 6.23. The number of rotatable bonds is 4. The zero-order chi connectivity index (χ0) is 17.1. The van der Waals surface area contributed by atoms with Gasteiger partial charge in [-0.25, -0.2) is 4.79 Å². The molecule has 0 aliphatic carbocycles. The van der Waals surface area contributed by atoms with Gasteiger partial charge in [0.05, 0.1) is 5.69 Å². The Bertz CT molecular complexity index is 760. The fourth-order valence-corrected chi connectivity index (χ4v) is 3.02. The molecule has 3 rings (SSSR count). The van der Waals surface area contributed by atoms with Gasteiger partial charge in [0, 0.05) is 31.1 Å². The molecule has 24 heavy (non-hydrogen) atoms. The number of piperidine rings is 1. The van der Waals surface area contributed by atoms with Crippen LogP contribution in [0.4, 0.5) is 0 Å². The molecule has 8 heteroatoms. The van der Waals surface area contributed by atoms with Crippen LogP contribution in [-0.2, 0) is 9.53 Å². The third kappa shape index (κ3) is 3.52. The number of carbonyl (C=O) groups is 1. The number of halogens is 1. The highest BCUT2D eigenvalue weighted by molar-refractivity contribution is 6.30. The maximum absolute atomic E-state index is 12.2. The van der Waals surface area contributed by atoms with E-state index in [-0.39, 0.29) is 24.1 Å². The quantitative estimate of drug-likeness (QED) is 0.907. The number of carbonyl (C=O) groups excluding carboxylic acids is 1. The van der Waals surface area contributed by atoms with E-state index in [2.05, 4.69) is 10.1 Å². The number of likely N-dealkylation sites (tertiary alicyclic amines) is 1. The Morgan fingerprint density at radius 3 is 2.62 bits per heavy atom. The molecule has 0 saturated carbocycles. The van der Waals surface area contributed by atoms with Crippen LogP contribution in [0.25, 0.3) is 5.69 Å². The first-order valence-corrected chi connectivity index (χ1v) is 8.18. The molecule has 0 unspecified atom stereocenters. The van der Waals surface area contributed by atoms with Crippen LogP contribution in [-0.4, -0.2) is 52.4 Å². The average Bonchev–Trinajstić information content (AvgIpc) is 2.98. The largest absolute Gasteiger partial charge is 0.375 e. The maximum atomic E-state index is 12.2. The van der Waals surface area contributed by atoms with Crippen molar-refractivity contribution in [3.8, 4) is 5.69 Å².